The minimum absolute atomic E-state index is 0.310. The lowest BCUT2D eigenvalue weighted by molar-refractivity contribution is 0.0697. The summed E-state index contributed by atoms with van der Waals surface area (Å²) >= 11 is 0. The van der Waals surface area contributed by atoms with Crippen molar-refractivity contribution in [1.29, 1.82) is 0 Å². The second-order valence-corrected chi connectivity index (χ2v) is 5.28. The van der Waals surface area contributed by atoms with Crippen molar-refractivity contribution >= 4 is 17.0 Å². The SMILES string of the molecule is O=C(O)c1ccc2nc(C3CC34CC4)[nH]c2c1. The van der Waals surface area contributed by atoms with Gasteiger partial charge in [0.15, 0.2) is 0 Å². The van der Waals surface area contributed by atoms with Crippen LogP contribution in [0.25, 0.3) is 11.0 Å². The Morgan fingerprint density at radius 3 is 2.94 bits per heavy atom. The van der Waals surface area contributed by atoms with E-state index in [0.717, 1.165) is 16.9 Å². The summed E-state index contributed by atoms with van der Waals surface area (Å²) in [4.78, 5) is 18.7. The van der Waals surface area contributed by atoms with Crippen molar-refractivity contribution in [2.24, 2.45) is 5.41 Å². The number of aromatic carboxylic acids is 1. The zero-order valence-electron chi connectivity index (χ0n) is 9.23. The molecular weight excluding hydrogens is 216 g/mol. The molecule has 2 N–H and O–H groups in total. The molecule has 4 heteroatoms. The smallest absolute Gasteiger partial charge is 0.335 e. The molecule has 4 rings (SSSR count). The van der Waals surface area contributed by atoms with Crippen molar-refractivity contribution in [3.8, 4) is 0 Å². The van der Waals surface area contributed by atoms with Gasteiger partial charge in [-0.25, -0.2) is 9.78 Å². The largest absolute Gasteiger partial charge is 0.478 e. The van der Waals surface area contributed by atoms with Gasteiger partial charge in [-0.05, 0) is 42.9 Å². The molecular formula is C13H12N2O2. The predicted molar refractivity (Wildman–Crippen MR) is 62.1 cm³/mol. The normalized spacial score (nSPS) is 24.1. The Hall–Kier alpha value is -1.84. The number of benzene rings is 1. The van der Waals surface area contributed by atoms with E-state index in [1.165, 1.54) is 19.3 Å². The van der Waals surface area contributed by atoms with Gasteiger partial charge in [-0.2, -0.15) is 0 Å². The summed E-state index contributed by atoms with van der Waals surface area (Å²) in [7, 11) is 0. The molecule has 0 radical (unpaired) electrons. The number of aromatic nitrogens is 2. The average molecular weight is 228 g/mol. The number of H-pyrrole nitrogens is 1. The third kappa shape index (κ3) is 1.24. The fourth-order valence-electron chi connectivity index (χ4n) is 2.77. The molecule has 2 aliphatic carbocycles. The van der Waals surface area contributed by atoms with Crippen LogP contribution in [0.15, 0.2) is 18.2 Å². The van der Waals surface area contributed by atoms with Crippen molar-refractivity contribution in [2.45, 2.75) is 25.2 Å². The molecule has 0 saturated heterocycles. The molecule has 1 atom stereocenters. The predicted octanol–water partition coefficient (Wildman–Crippen LogP) is 2.53. The molecule has 4 nitrogen and oxygen atoms in total. The Morgan fingerprint density at radius 2 is 2.29 bits per heavy atom. The molecule has 2 fully saturated rings. The fourth-order valence-corrected chi connectivity index (χ4v) is 2.77. The third-order valence-electron chi connectivity index (χ3n) is 4.16. The van der Waals surface area contributed by atoms with E-state index in [1.807, 2.05) is 0 Å². The van der Waals surface area contributed by atoms with Crippen molar-refractivity contribution < 1.29 is 9.90 Å². The summed E-state index contributed by atoms with van der Waals surface area (Å²) in [5.41, 5.74) is 2.59. The van der Waals surface area contributed by atoms with Gasteiger partial charge < -0.3 is 10.1 Å². The summed E-state index contributed by atoms with van der Waals surface area (Å²) in [6.07, 6.45) is 3.91. The van der Waals surface area contributed by atoms with E-state index in [9.17, 15) is 4.79 Å². The second kappa shape index (κ2) is 2.70. The lowest BCUT2D eigenvalue weighted by Crippen LogP contribution is -1.94. The molecule has 86 valence electrons. The van der Waals surface area contributed by atoms with Crippen molar-refractivity contribution in [2.75, 3.05) is 0 Å². The molecule has 2 aliphatic rings. The molecule has 2 aromatic rings. The first-order valence-corrected chi connectivity index (χ1v) is 5.91. The van der Waals surface area contributed by atoms with Gasteiger partial charge in [-0.15, -0.1) is 0 Å². The van der Waals surface area contributed by atoms with E-state index in [1.54, 1.807) is 18.2 Å². The number of nitrogens with zero attached hydrogens (tertiary/aromatic N) is 1. The van der Waals surface area contributed by atoms with Crippen LogP contribution >= 0.6 is 0 Å². The van der Waals surface area contributed by atoms with Gasteiger partial charge in [0.25, 0.3) is 0 Å². The number of carbonyl (C=O) groups is 1. The number of rotatable bonds is 2. The van der Waals surface area contributed by atoms with E-state index in [2.05, 4.69) is 9.97 Å². The van der Waals surface area contributed by atoms with Gasteiger partial charge >= 0.3 is 5.97 Å². The number of carboxylic acids is 1. The van der Waals surface area contributed by atoms with Crippen LogP contribution < -0.4 is 0 Å². The van der Waals surface area contributed by atoms with Crippen molar-refractivity contribution in [1.82, 2.24) is 9.97 Å². The van der Waals surface area contributed by atoms with Crippen LogP contribution in [0.5, 0.6) is 0 Å². The maximum absolute atomic E-state index is 10.9. The first-order valence-electron chi connectivity index (χ1n) is 5.91. The summed E-state index contributed by atoms with van der Waals surface area (Å²) in [5.74, 6) is 0.733. The number of fused-ring (bicyclic) bond motifs is 1. The van der Waals surface area contributed by atoms with E-state index in [4.69, 9.17) is 5.11 Å². The number of imidazole rings is 1. The first-order chi connectivity index (χ1) is 8.18. The van der Waals surface area contributed by atoms with E-state index >= 15 is 0 Å². The van der Waals surface area contributed by atoms with E-state index in [-0.39, 0.29) is 0 Å². The zero-order chi connectivity index (χ0) is 11.6. The van der Waals surface area contributed by atoms with Crippen LogP contribution in [0.2, 0.25) is 0 Å². The van der Waals surface area contributed by atoms with Crippen LogP contribution in [-0.4, -0.2) is 21.0 Å². The molecule has 0 aliphatic heterocycles. The number of carboxylic acid groups (broad SMARTS) is 1. The maximum atomic E-state index is 10.9. The minimum atomic E-state index is -0.895. The van der Waals surface area contributed by atoms with Crippen LogP contribution in [0.4, 0.5) is 0 Å². The Kier molecular flexibility index (Phi) is 1.46. The van der Waals surface area contributed by atoms with Gasteiger partial charge in [0, 0.05) is 5.92 Å². The maximum Gasteiger partial charge on any atom is 0.335 e. The van der Waals surface area contributed by atoms with Gasteiger partial charge in [-0.1, -0.05) is 0 Å². The summed E-state index contributed by atoms with van der Waals surface area (Å²) < 4.78 is 0. The van der Waals surface area contributed by atoms with Crippen molar-refractivity contribution in [3.63, 3.8) is 0 Å². The minimum Gasteiger partial charge on any atom is -0.478 e. The molecule has 1 unspecified atom stereocenters. The lowest BCUT2D eigenvalue weighted by Gasteiger charge is -1.92. The van der Waals surface area contributed by atoms with Gasteiger partial charge in [-0.3, -0.25) is 0 Å². The number of nitrogens with one attached hydrogen (secondary N) is 1. The summed E-state index contributed by atoms with van der Waals surface area (Å²) in [6.45, 7) is 0. The van der Waals surface area contributed by atoms with Gasteiger partial charge in [0.2, 0.25) is 0 Å². The molecule has 1 aromatic carbocycles. The molecule has 0 bridgehead atoms. The molecule has 17 heavy (non-hydrogen) atoms. The highest BCUT2D eigenvalue weighted by Crippen LogP contribution is 2.74. The Labute approximate surface area is 97.7 Å². The zero-order valence-corrected chi connectivity index (χ0v) is 9.23. The Morgan fingerprint density at radius 1 is 1.47 bits per heavy atom. The van der Waals surface area contributed by atoms with E-state index in [0.29, 0.717) is 16.9 Å². The summed E-state index contributed by atoms with van der Waals surface area (Å²) in [6, 6.07) is 5.05. The molecule has 1 spiro atoms. The highest BCUT2D eigenvalue weighted by Gasteiger charge is 2.64. The van der Waals surface area contributed by atoms with Crippen LogP contribution in [0.3, 0.4) is 0 Å². The second-order valence-electron chi connectivity index (χ2n) is 5.28. The molecule has 2 saturated carbocycles. The van der Waals surface area contributed by atoms with Gasteiger partial charge in [0.1, 0.15) is 5.82 Å². The molecule has 1 aromatic heterocycles. The standard InChI is InChI=1S/C13H12N2O2/c16-12(17)7-1-2-9-10(5-7)15-11(14-9)8-6-13(8)3-4-13/h1-2,5,8H,3-4,6H2,(H,14,15)(H,16,17). The van der Waals surface area contributed by atoms with Crippen LogP contribution in [0, 0.1) is 5.41 Å². The van der Waals surface area contributed by atoms with E-state index < -0.39 is 5.97 Å². The highest BCUT2D eigenvalue weighted by atomic mass is 16.4. The fraction of sp³-hybridized carbons (Fsp3) is 0.385. The quantitative estimate of drug-likeness (QED) is 0.830. The number of hydrogen-bond acceptors (Lipinski definition) is 2. The Bertz CT molecular complexity index is 640. The Balaban J connectivity index is 1.78. The number of hydrogen-bond donors (Lipinski definition) is 2. The highest BCUT2D eigenvalue weighted by molar-refractivity contribution is 5.92. The lowest BCUT2D eigenvalue weighted by atomic mass is 10.2. The summed E-state index contributed by atoms with van der Waals surface area (Å²) in [5, 5.41) is 8.93. The number of aromatic amines is 1. The van der Waals surface area contributed by atoms with Gasteiger partial charge in [0.05, 0.1) is 16.6 Å². The van der Waals surface area contributed by atoms with Crippen LogP contribution in [0.1, 0.15) is 41.4 Å². The molecule has 1 heterocycles. The third-order valence-corrected chi connectivity index (χ3v) is 4.16. The topological polar surface area (TPSA) is 66.0 Å². The average Bonchev–Trinajstić information content (AvgIpc) is 3.20. The monoisotopic (exact) mass is 228 g/mol. The van der Waals surface area contributed by atoms with Crippen molar-refractivity contribution in [3.05, 3.63) is 29.6 Å². The molecule has 0 amide bonds. The van der Waals surface area contributed by atoms with Crippen LogP contribution in [-0.2, 0) is 0 Å². The first kappa shape index (κ1) is 9.22.